The molecule has 2 rings (SSSR count). The van der Waals surface area contributed by atoms with Crippen molar-refractivity contribution in [1.29, 1.82) is 0 Å². The smallest absolute Gasteiger partial charge is 0.264 e. The van der Waals surface area contributed by atoms with Gasteiger partial charge in [-0.25, -0.2) is 0 Å². The number of rotatable bonds is 4. The topological polar surface area (TPSA) is 54.9 Å². The summed E-state index contributed by atoms with van der Waals surface area (Å²) in [5.41, 5.74) is 0.162. The molecule has 0 radical (unpaired) electrons. The summed E-state index contributed by atoms with van der Waals surface area (Å²) >= 11 is 6.89. The highest BCUT2D eigenvalue weighted by Gasteiger charge is 2.41. The lowest BCUT2D eigenvalue weighted by atomic mass is 10.1. The van der Waals surface area contributed by atoms with E-state index in [1.54, 1.807) is 0 Å². The summed E-state index contributed by atoms with van der Waals surface area (Å²) in [5.74, 6) is 0.519. The largest absolute Gasteiger partial charge is 0.351 e. The van der Waals surface area contributed by atoms with E-state index in [0.717, 1.165) is 24.4 Å². The highest BCUT2D eigenvalue weighted by Crippen LogP contribution is 2.45. The third-order valence-corrected chi connectivity index (χ3v) is 3.68. The summed E-state index contributed by atoms with van der Waals surface area (Å²) in [7, 11) is 0. The van der Waals surface area contributed by atoms with Gasteiger partial charge in [-0.3, -0.25) is 4.79 Å². The summed E-state index contributed by atoms with van der Waals surface area (Å²) in [6, 6.07) is 0. The van der Waals surface area contributed by atoms with Crippen molar-refractivity contribution in [2.24, 2.45) is 5.41 Å². The number of nitrogens with one attached hydrogen (secondary N) is 1. The molecule has 1 fully saturated rings. The van der Waals surface area contributed by atoms with Gasteiger partial charge in [0.25, 0.3) is 5.91 Å². The minimum Gasteiger partial charge on any atom is -0.351 e. The third kappa shape index (κ3) is 2.04. The molecule has 0 bridgehead atoms. The lowest BCUT2D eigenvalue weighted by Gasteiger charge is -2.10. The minimum atomic E-state index is -0.101. The number of aromatic nitrogens is 2. The van der Waals surface area contributed by atoms with E-state index in [1.807, 2.05) is 0 Å². The predicted molar refractivity (Wildman–Crippen MR) is 54.6 cm³/mol. The van der Waals surface area contributed by atoms with Gasteiger partial charge in [0, 0.05) is 17.8 Å². The average molecular weight is 232 g/mol. The van der Waals surface area contributed by atoms with Gasteiger partial charge >= 0.3 is 0 Å². The summed E-state index contributed by atoms with van der Waals surface area (Å²) in [6.07, 6.45) is 3.69. The molecule has 0 atom stereocenters. The Morgan fingerprint density at radius 2 is 2.50 bits per heavy atom. The zero-order chi connectivity index (χ0) is 10.0. The number of halogens is 1. The van der Waals surface area contributed by atoms with E-state index in [9.17, 15) is 4.79 Å². The second-order valence-corrected chi connectivity index (χ2v) is 4.65. The van der Waals surface area contributed by atoms with E-state index in [1.165, 1.54) is 6.20 Å². The molecule has 1 aromatic rings. The first kappa shape index (κ1) is 9.86. The second kappa shape index (κ2) is 3.82. The standard InChI is InChI=1S/C8H10ClN3OS/c9-4-8(1-2-8)5-10-7(13)6-3-11-12-14-6/h3H,1-2,4-5H2,(H,10,13). The van der Waals surface area contributed by atoms with Gasteiger partial charge in [0.2, 0.25) is 0 Å². The number of alkyl halides is 1. The Bertz CT molecular complexity index is 323. The predicted octanol–water partition coefficient (Wildman–Crippen LogP) is 1.29. The van der Waals surface area contributed by atoms with Crippen LogP contribution in [0.1, 0.15) is 22.5 Å². The van der Waals surface area contributed by atoms with Crippen LogP contribution < -0.4 is 5.32 Å². The van der Waals surface area contributed by atoms with Crippen LogP contribution in [0.4, 0.5) is 0 Å². The Morgan fingerprint density at radius 3 is 3.00 bits per heavy atom. The monoisotopic (exact) mass is 231 g/mol. The molecular weight excluding hydrogens is 222 g/mol. The third-order valence-electron chi connectivity index (χ3n) is 2.45. The minimum absolute atomic E-state index is 0.101. The maximum atomic E-state index is 11.5. The molecule has 1 amide bonds. The van der Waals surface area contributed by atoms with Crippen molar-refractivity contribution < 1.29 is 4.79 Å². The average Bonchev–Trinajstić information content (AvgIpc) is 2.78. The molecular formula is C8H10ClN3OS. The van der Waals surface area contributed by atoms with Crippen LogP contribution in [-0.4, -0.2) is 27.9 Å². The molecule has 1 heterocycles. The maximum absolute atomic E-state index is 11.5. The summed E-state index contributed by atoms with van der Waals surface area (Å²) in [4.78, 5) is 12.0. The number of amides is 1. The molecule has 1 N–H and O–H groups in total. The van der Waals surface area contributed by atoms with Gasteiger partial charge in [-0.15, -0.1) is 16.7 Å². The number of nitrogens with zero attached hydrogens (tertiary/aromatic N) is 2. The maximum Gasteiger partial charge on any atom is 0.264 e. The zero-order valence-corrected chi connectivity index (χ0v) is 9.07. The van der Waals surface area contributed by atoms with Crippen LogP contribution in [0.5, 0.6) is 0 Å². The van der Waals surface area contributed by atoms with E-state index < -0.39 is 0 Å². The van der Waals surface area contributed by atoms with Crippen molar-refractivity contribution in [1.82, 2.24) is 14.9 Å². The van der Waals surface area contributed by atoms with E-state index >= 15 is 0 Å². The van der Waals surface area contributed by atoms with Gasteiger partial charge in [-0.05, 0) is 24.4 Å². The normalized spacial score (nSPS) is 17.8. The van der Waals surface area contributed by atoms with Crippen molar-refractivity contribution in [2.75, 3.05) is 12.4 Å². The van der Waals surface area contributed by atoms with Gasteiger partial charge in [-0.1, -0.05) is 4.49 Å². The van der Waals surface area contributed by atoms with Crippen LogP contribution in [0.15, 0.2) is 6.20 Å². The molecule has 4 nitrogen and oxygen atoms in total. The molecule has 1 aliphatic carbocycles. The molecule has 0 saturated heterocycles. The Kier molecular flexibility index (Phi) is 2.69. The van der Waals surface area contributed by atoms with Crippen LogP contribution >= 0.6 is 23.1 Å². The highest BCUT2D eigenvalue weighted by molar-refractivity contribution is 7.07. The van der Waals surface area contributed by atoms with E-state index in [2.05, 4.69) is 14.9 Å². The summed E-state index contributed by atoms with van der Waals surface area (Å²) in [5, 5.41) is 6.45. The molecule has 0 aliphatic heterocycles. The molecule has 0 aromatic carbocycles. The van der Waals surface area contributed by atoms with E-state index in [-0.39, 0.29) is 11.3 Å². The van der Waals surface area contributed by atoms with Gasteiger partial charge in [0.1, 0.15) is 4.88 Å². The van der Waals surface area contributed by atoms with Crippen molar-refractivity contribution in [3.05, 3.63) is 11.1 Å². The summed E-state index contributed by atoms with van der Waals surface area (Å²) in [6.45, 7) is 0.660. The Hall–Kier alpha value is -0.680. The quantitative estimate of drug-likeness (QED) is 0.795. The van der Waals surface area contributed by atoms with Crippen molar-refractivity contribution in [2.45, 2.75) is 12.8 Å². The van der Waals surface area contributed by atoms with Crippen LogP contribution in [-0.2, 0) is 0 Å². The Labute approximate surface area is 90.8 Å². The number of carbonyl (C=O) groups excluding carboxylic acids is 1. The first-order chi connectivity index (χ1) is 6.76. The Balaban J connectivity index is 1.84. The lowest BCUT2D eigenvalue weighted by molar-refractivity contribution is 0.0950. The van der Waals surface area contributed by atoms with E-state index in [4.69, 9.17) is 11.6 Å². The van der Waals surface area contributed by atoms with Gasteiger partial charge in [0.15, 0.2) is 0 Å². The second-order valence-electron chi connectivity index (χ2n) is 3.60. The molecule has 0 spiro atoms. The molecule has 1 saturated carbocycles. The fraction of sp³-hybridized carbons (Fsp3) is 0.625. The van der Waals surface area contributed by atoms with Crippen LogP contribution in [0.2, 0.25) is 0 Å². The van der Waals surface area contributed by atoms with Crippen molar-refractivity contribution >= 4 is 29.0 Å². The van der Waals surface area contributed by atoms with Crippen LogP contribution in [0, 0.1) is 5.41 Å². The first-order valence-corrected chi connectivity index (χ1v) is 5.68. The van der Waals surface area contributed by atoms with Gasteiger partial charge in [-0.2, -0.15) is 0 Å². The molecule has 1 aromatic heterocycles. The SMILES string of the molecule is O=C(NCC1(CCl)CC1)c1cnns1. The first-order valence-electron chi connectivity index (χ1n) is 4.37. The fourth-order valence-corrected chi connectivity index (χ4v) is 1.95. The van der Waals surface area contributed by atoms with Crippen molar-refractivity contribution in [3.63, 3.8) is 0 Å². The highest BCUT2D eigenvalue weighted by atomic mass is 35.5. The Morgan fingerprint density at radius 1 is 1.71 bits per heavy atom. The molecule has 1 aliphatic rings. The fourth-order valence-electron chi connectivity index (χ4n) is 1.16. The summed E-state index contributed by atoms with van der Waals surface area (Å²) < 4.78 is 3.63. The molecule has 14 heavy (non-hydrogen) atoms. The molecule has 6 heteroatoms. The van der Waals surface area contributed by atoms with Gasteiger partial charge in [0.05, 0.1) is 6.20 Å². The zero-order valence-electron chi connectivity index (χ0n) is 7.49. The van der Waals surface area contributed by atoms with E-state index in [0.29, 0.717) is 17.3 Å². The number of carbonyl (C=O) groups is 1. The molecule has 0 unspecified atom stereocenters. The number of hydrogen-bond donors (Lipinski definition) is 1. The lowest BCUT2D eigenvalue weighted by Crippen LogP contribution is -2.30. The van der Waals surface area contributed by atoms with Crippen LogP contribution in [0.25, 0.3) is 0 Å². The molecule has 76 valence electrons. The van der Waals surface area contributed by atoms with Gasteiger partial charge < -0.3 is 5.32 Å². The van der Waals surface area contributed by atoms with Crippen LogP contribution in [0.3, 0.4) is 0 Å². The van der Waals surface area contributed by atoms with Crippen molar-refractivity contribution in [3.8, 4) is 0 Å². The number of hydrogen-bond acceptors (Lipinski definition) is 4.